The van der Waals surface area contributed by atoms with Gasteiger partial charge in [0.1, 0.15) is 11.2 Å². The number of primary amides is 1. The van der Waals surface area contributed by atoms with Crippen LogP contribution in [0, 0.1) is 11.7 Å². The summed E-state index contributed by atoms with van der Waals surface area (Å²) in [5, 5.41) is 9.09. The van der Waals surface area contributed by atoms with E-state index in [1.807, 2.05) is 0 Å². The van der Waals surface area contributed by atoms with Crippen LogP contribution in [0.3, 0.4) is 0 Å². The van der Waals surface area contributed by atoms with Crippen molar-refractivity contribution in [2.24, 2.45) is 11.7 Å². The maximum absolute atomic E-state index is 14.7. The highest BCUT2D eigenvalue weighted by molar-refractivity contribution is 5.92. The summed E-state index contributed by atoms with van der Waals surface area (Å²) in [5.74, 6) is -2.89. The summed E-state index contributed by atoms with van der Waals surface area (Å²) in [6.07, 6.45) is 2.53. The van der Waals surface area contributed by atoms with Gasteiger partial charge in [0.25, 0.3) is 0 Å². The van der Waals surface area contributed by atoms with E-state index >= 15 is 0 Å². The molecular formula is C17H19FN4O4. The molecule has 1 saturated heterocycles. The Morgan fingerprint density at radius 3 is 2.81 bits per heavy atom. The molecule has 1 amide bonds. The molecule has 2 aromatic rings. The van der Waals surface area contributed by atoms with Crippen molar-refractivity contribution in [1.29, 1.82) is 0 Å². The van der Waals surface area contributed by atoms with Crippen molar-refractivity contribution in [3.8, 4) is 0 Å². The lowest BCUT2D eigenvalue weighted by Crippen LogP contribution is -2.42. The number of anilines is 1. The largest absolute Gasteiger partial charge is 0.477 e. The fourth-order valence-electron chi connectivity index (χ4n) is 3.29. The summed E-state index contributed by atoms with van der Waals surface area (Å²) < 4.78 is 16.2. The van der Waals surface area contributed by atoms with Crippen LogP contribution in [-0.2, 0) is 11.3 Å². The van der Waals surface area contributed by atoms with Crippen molar-refractivity contribution in [3.05, 3.63) is 33.9 Å². The summed E-state index contributed by atoms with van der Waals surface area (Å²) in [5.41, 5.74) is 4.37. The Hall–Kier alpha value is -2.97. The predicted octanol–water partition coefficient (Wildman–Crippen LogP) is 0.955. The minimum Gasteiger partial charge on any atom is -0.477 e. The van der Waals surface area contributed by atoms with Crippen LogP contribution < -0.4 is 16.1 Å². The number of nitrogens with two attached hydrogens (primary N) is 1. The summed E-state index contributed by atoms with van der Waals surface area (Å²) >= 11 is 0. The van der Waals surface area contributed by atoms with Gasteiger partial charge < -0.3 is 20.3 Å². The summed E-state index contributed by atoms with van der Waals surface area (Å²) in [4.78, 5) is 41.0. The van der Waals surface area contributed by atoms with E-state index in [-0.39, 0.29) is 29.3 Å². The first kappa shape index (κ1) is 17.8. The summed E-state index contributed by atoms with van der Waals surface area (Å²) in [6.45, 7) is 2.90. The molecule has 0 spiro atoms. The molecule has 3 rings (SSSR count). The van der Waals surface area contributed by atoms with E-state index in [1.165, 1.54) is 10.8 Å². The van der Waals surface area contributed by atoms with Crippen LogP contribution in [0.4, 0.5) is 10.2 Å². The number of nitrogens with zero attached hydrogens (tertiary/aromatic N) is 3. The van der Waals surface area contributed by atoms with Gasteiger partial charge in [-0.05, 0) is 25.8 Å². The second-order valence-electron chi connectivity index (χ2n) is 6.32. The Kier molecular flexibility index (Phi) is 4.62. The molecule has 1 unspecified atom stereocenters. The lowest BCUT2D eigenvalue weighted by atomic mass is 9.97. The number of carboxylic acid groups (broad SMARTS) is 1. The first-order chi connectivity index (χ1) is 12.3. The number of carbonyl (C=O) groups is 2. The number of hydrogen-bond acceptors (Lipinski definition) is 5. The van der Waals surface area contributed by atoms with Crippen LogP contribution in [0.15, 0.2) is 17.1 Å². The summed E-state index contributed by atoms with van der Waals surface area (Å²) in [7, 11) is 0. The van der Waals surface area contributed by atoms with Gasteiger partial charge in [-0.15, -0.1) is 0 Å². The van der Waals surface area contributed by atoms with E-state index in [1.54, 1.807) is 11.8 Å². The molecule has 2 aromatic heterocycles. The Morgan fingerprint density at radius 1 is 1.46 bits per heavy atom. The van der Waals surface area contributed by atoms with Crippen LogP contribution in [0.1, 0.15) is 30.1 Å². The molecule has 0 aromatic carbocycles. The second kappa shape index (κ2) is 6.74. The number of halogens is 1. The monoisotopic (exact) mass is 362 g/mol. The number of carboxylic acids is 1. The molecule has 138 valence electrons. The fraction of sp³-hybridized carbons (Fsp3) is 0.412. The van der Waals surface area contributed by atoms with Crippen molar-refractivity contribution in [2.75, 3.05) is 18.0 Å². The number of amides is 1. The van der Waals surface area contributed by atoms with Gasteiger partial charge in [0.15, 0.2) is 11.6 Å². The minimum atomic E-state index is -1.37. The van der Waals surface area contributed by atoms with Crippen LogP contribution in [0.25, 0.3) is 11.0 Å². The molecule has 0 aliphatic carbocycles. The lowest BCUT2D eigenvalue weighted by molar-refractivity contribution is -0.122. The zero-order valence-electron chi connectivity index (χ0n) is 14.2. The average Bonchev–Trinajstić information content (AvgIpc) is 2.61. The van der Waals surface area contributed by atoms with Crippen LogP contribution in [0.2, 0.25) is 0 Å². The third-order valence-corrected chi connectivity index (χ3v) is 4.68. The van der Waals surface area contributed by atoms with Gasteiger partial charge in [0, 0.05) is 25.8 Å². The molecule has 1 atom stereocenters. The quantitative estimate of drug-likeness (QED) is 0.836. The molecule has 1 aliphatic heterocycles. The Bertz CT molecular complexity index is 956. The maximum atomic E-state index is 14.7. The Labute approximate surface area is 148 Å². The Balaban J connectivity index is 2.16. The molecule has 0 saturated carbocycles. The van der Waals surface area contributed by atoms with Crippen molar-refractivity contribution < 1.29 is 19.1 Å². The van der Waals surface area contributed by atoms with Crippen LogP contribution in [0.5, 0.6) is 0 Å². The number of pyridine rings is 2. The predicted molar refractivity (Wildman–Crippen MR) is 92.7 cm³/mol. The first-order valence-electron chi connectivity index (χ1n) is 8.34. The molecule has 3 heterocycles. The van der Waals surface area contributed by atoms with Crippen molar-refractivity contribution in [3.63, 3.8) is 0 Å². The standard InChI is InChI=1S/C17H19FN4O4/c1-2-21-8-11(17(25)26)13(23)10-6-12(18)16(20-15(10)21)22-5-3-4-9(7-22)14(19)24/h6,8-9H,2-5,7H2,1H3,(H2,19,24)(H,25,26). The van der Waals surface area contributed by atoms with E-state index in [4.69, 9.17) is 5.73 Å². The second-order valence-corrected chi connectivity index (χ2v) is 6.32. The molecule has 0 radical (unpaired) electrons. The molecule has 8 nitrogen and oxygen atoms in total. The lowest BCUT2D eigenvalue weighted by Gasteiger charge is -2.32. The minimum absolute atomic E-state index is 0.0353. The van der Waals surface area contributed by atoms with Gasteiger partial charge in [-0.1, -0.05) is 0 Å². The highest BCUT2D eigenvalue weighted by Crippen LogP contribution is 2.26. The van der Waals surface area contributed by atoms with Crippen molar-refractivity contribution in [1.82, 2.24) is 9.55 Å². The van der Waals surface area contributed by atoms with Gasteiger partial charge in [0.05, 0.1) is 11.3 Å². The average molecular weight is 362 g/mol. The number of aromatic carboxylic acids is 1. The first-order valence-corrected chi connectivity index (χ1v) is 8.34. The highest BCUT2D eigenvalue weighted by Gasteiger charge is 2.27. The Morgan fingerprint density at radius 2 is 2.19 bits per heavy atom. The third-order valence-electron chi connectivity index (χ3n) is 4.68. The molecule has 3 N–H and O–H groups in total. The molecular weight excluding hydrogens is 343 g/mol. The van der Waals surface area contributed by atoms with Gasteiger partial charge in [-0.3, -0.25) is 9.59 Å². The van der Waals surface area contributed by atoms with Crippen molar-refractivity contribution >= 4 is 28.7 Å². The molecule has 0 bridgehead atoms. The van der Waals surface area contributed by atoms with Crippen LogP contribution >= 0.6 is 0 Å². The number of carbonyl (C=O) groups excluding carboxylic acids is 1. The normalized spacial score (nSPS) is 17.5. The van der Waals surface area contributed by atoms with E-state index in [2.05, 4.69) is 4.98 Å². The van der Waals surface area contributed by atoms with Gasteiger partial charge in [-0.25, -0.2) is 14.2 Å². The van der Waals surface area contributed by atoms with Gasteiger partial charge in [-0.2, -0.15) is 0 Å². The smallest absolute Gasteiger partial charge is 0.341 e. The molecule has 1 aliphatic rings. The number of aryl methyl sites for hydroxylation is 1. The number of aromatic nitrogens is 2. The fourth-order valence-corrected chi connectivity index (χ4v) is 3.29. The van der Waals surface area contributed by atoms with Crippen LogP contribution in [-0.4, -0.2) is 39.6 Å². The van der Waals surface area contributed by atoms with E-state index < -0.39 is 28.7 Å². The molecule has 1 fully saturated rings. The van der Waals surface area contributed by atoms with E-state index in [0.29, 0.717) is 25.9 Å². The molecule has 9 heteroatoms. The summed E-state index contributed by atoms with van der Waals surface area (Å²) in [6, 6.07) is 1.02. The van der Waals surface area contributed by atoms with Gasteiger partial charge in [0.2, 0.25) is 11.3 Å². The topological polar surface area (TPSA) is 119 Å². The number of hydrogen-bond donors (Lipinski definition) is 2. The van der Waals surface area contributed by atoms with E-state index in [9.17, 15) is 23.9 Å². The van der Waals surface area contributed by atoms with Gasteiger partial charge >= 0.3 is 5.97 Å². The maximum Gasteiger partial charge on any atom is 0.341 e. The highest BCUT2D eigenvalue weighted by atomic mass is 19.1. The zero-order chi connectivity index (χ0) is 19.0. The van der Waals surface area contributed by atoms with E-state index in [0.717, 1.165) is 6.07 Å². The third kappa shape index (κ3) is 3.00. The number of piperidine rings is 1. The number of fused-ring (bicyclic) bond motifs is 1. The zero-order valence-corrected chi connectivity index (χ0v) is 14.2. The SMILES string of the molecule is CCn1cc(C(=O)O)c(=O)c2cc(F)c(N3CCCC(C(N)=O)C3)nc21. The van der Waals surface area contributed by atoms with Crippen molar-refractivity contribution in [2.45, 2.75) is 26.3 Å². The number of rotatable bonds is 4. The molecule has 26 heavy (non-hydrogen) atoms.